The summed E-state index contributed by atoms with van der Waals surface area (Å²) in [7, 11) is 1.64. The van der Waals surface area contributed by atoms with Gasteiger partial charge in [0.25, 0.3) is 5.91 Å². The van der Waals surface area contributed by atoms with Gasteiger partial charge in [-0.3, -0.25) is 24.8 Å². The molecular weight excluding hydrogens is 426 g/mol. The van der Waals surface area contributed by atoms with Crippen molar-refractivity contribution in [1.82, 2.24) is 15.2 Å². The molecule has 0 aliphatic carbocycles. The second kappa shape index (κ2) is 8.12. The van der Waals surface area contributed by atoms with Gasteiger partial charge in [-0.05, 0) is 42.0 Å². The Hall–Kier alpha value is -4.52. The van der Waals surface area contributed by atoms with Crippen molar-refractivity contribution in [1.29, 1.82) is 0 Å². The molecule has 2 aliphatic rings. The van der Waals surface area contributed by atoms with E-state index < -0.39 is 6.04 Å². The molecule has 0 radical (unpaired) electrons. The summed E-state index contributed by atoms with van der Waals surface area (Å²) in [5.74, 6) is 0.568. The Morgan fingerprint density at radius 1 is 1.03 bits per heavy atom. The van der Waals surface area contributed by atoms with E-state index in [1.54, 1.807) is 24.4 Å². The number of rotatable bonds is 5. The molecule has 0 fully saturated rings. The molecule has 2 aromatic carbocycles. The average molecular weight is 447 g/mol. The highest BCUT2D eigenvalue weighted by atomic mass is 16.5. The second-order valence-electron chi connectivity index (χ2n) is 8.10. The molecule has 6 rings (SSSR count). The number of anilines is 1. The minimum atomic E-state index is -0.415. The quantitative estimate of drug-likeness (QED) is 0.485. The minimum absolute atomic E-state index is 0.139. The second-order valence-corrected chi connectivity index (χ2v) is 8.10. The number of aromatic nitrogens is 3. The third kappa shape index (κ3) is 3.13. The number of nitrogens with zero attached hydrogens (tertiary/aromatic N) is 4. The zero-order valence-electron chi connectivity index (χ0n) is 18.5. The number of hydrogen-bond acceptors (Lipinski definition) is 5. The molecule has 1 atom stereocenters. The number of aliphatic imine (C=N–C) groups is 1. The maximum Gasteiger partial charge on any atom is 0.277 e. The number of para-hydroxylation sites is 1. The lowest BCUT2D eigenvalue weighted by molar-refractivity contribution is 0.0988. The molecule has 1 unspecified atom stereocenters. The zero-order valence-corrected chi connectivity index (χ0v) is 18.5. The number of ether oxygens (including phenoxy) is 1. The van der Waals surface area contributed by atoms with Gasteiger partial charge in [0.2, 0.25) is 0 Å². The number of carbonyl (C=O) groups is 1. The summed E-state index contributed by atoms with van der Waals surface area (Å²) in [6.07, 6.45) is 7.53. The van der Waals surface area contributed by atoms with Crippen molar-refractivity contribution in [3.05, 3.63) is 108 Å². The van der Waals surface area contributed by atoms with Gasteiger partial charge >= 0.3 is 0 Å². The van der Waals surface area contributed by atoms with Gasteiger partial charge in [-0.25, -0.2) is 0 Å². The first-order chi connectivity index (χ1) is 16.8. The Morgan fingerprint density at radius 2 is 1.88 bits per heavy atom. The summed E-state index contributed by atoms with van der Waals surface area (Å²) in [6, 6.07) is 19.1. The summed E-state index contributed by atoms with van der Waals surface area (Å²) in [5, 5.41) is 7.50. The van der Waals surface area contributed by atoms with Crippen LogP contribution in [0.15, 0.2) is 90.2 Å². The van der Waals surface area contributed by atoms with Crippen LogP contribution in [0.3, 0.4) is 0 Å². The van der Waals surface area contributed by atoms with Crippen LogP contribution >= 0.6 is 0 Å². The summed E-state index contributed by atoms with van der Waals surface area (Å²) < 4.78 is 5.70. The molecule has 7 heteroatoms. The highest BCUT2D eigenvalue weighted by molar-refractivity contribution is 6.13. The number of nitrogens with one attached hydrogen (secondary N) is 1. The maximum atomic E-state index is 13.7. The number of benzene rings is 2. The fourth-order valence-corrected chi connectivity index (χ4v) is 4.67. The van der Waals surface area contributed by atoms with Crippen molar-refractivity contribution >= 4 is 17.3 Å². The van der Waals surface area contributed by atoms with Crippen molar-refractivity contribution in [2.45, 2.75) is 6.04 Å². The molecule has 0 saturated heterocycles. The van der Waals surface area contributed by atoms with Gasteiger partial charge in [-0.15, -0.1) is 0 Å². The first-order valence-corrected chi connectivity index (χ1v) is 11.0. The normalized spacial score (nSPS) is 16.6. The van der Waals surface area contributed by atoms with E-state index in [1.165, 1.54) is 0 Å². The fourth-order valence-electron chi connectivity index (χ4n) is 4.67. The van der Waals surface area contributed by atoms with Crippen LogP contribution in [0.2, 0.25) is 0 Å². The molecule has 2 aromatic heterocycles. The Morgan fingerprint density at radius 3 is 2.62 bits per heavy atom. The van der Waals surface area contributed by atoms with Crippen LogP contribution in [0.25, 0.3) is 11.3 Å². The minimum Gasteiger partial charge on any atom is -0.496 e. The van der Waals surface area contributed by atoms with Gasteiger partial charge in [-0.2, -0.15) is 5.10 Å². The highest BCUT2D eigenvalue weighted by Crippen LogP contribution is 2.47. The van der Waals surface area contributed by atoms with Gasteiger partial charge < -0.3 is 4.74 Å². The van der Waals surface area contributed by atoms with E-state index in [0.717, 1.165) is 33.7 Å². The van der Waals surface area contributed by atoms with Crippen molar-refractivity contribution in [2.24, 2.45) is 4.99 Å². The van der Waals surface area contributed by atoms with E-state index in [9.17, 15) is 4.79 Å². The number of hydrogen-bond donors (Lipinski definition) is 1. The van der Waals surface area contributed by atoms with E-state index in [-0.39, 0.29) is 5.91 Å². The van der Waals surface area contributed by atoms with E-state index in [1.807, 2.05) is 72.8 Å². The van der Waals surface area contributed by atoms with Crippen LogP contribution in [-0.2, 0) is 0 Å². The van der Waals surface area contributed by atoms with Crippen LogP contribution in [0.5, 0.6) is 5.75 Å². The number of methoxy groups -OCH3 is 1. The molecule has 166 valence electrons. The first-order valence-electron chi connectivity index (χ1n) is 11.0. The fraction of sp³-hybridized carbons (Fsp3) is 0.111. The SMILES string of the molecule is COc1ccccc1C1c2c(-c3cccnc3)n[nH]c2C(=O)N1c1ccc(C2=NCC=C2)cc1. The molecule has 1 amide bonds. The Labute approximate surface area is 196 Å². The number of allylic oxidation sites excluding steroid dienone is 1. The van der Waals surface area contributed by atoms with E-state index >= 15 is 0 Å². The standard InChI is InChI=1S/C27H21N5O2/c1-34-22-9-3-2-7-20(22)26-23-24(18-6-4-14-28-16-18)30-31-25(23)27(33)32(26)19-12-10-17(11-13-19)21-8-5-15-29-21/h2-14,16,26H,15H2,1H3,(H,30,31). The van der Waals surface area contributed by atoms with Crippen LogP contribution in [0.1, 0.15) is 33.2 Å². The number of carbonyl (C=O) groups excluding carboxylic acids is 1. The lowest BCUT2D eigenvalue weighted by Gasteiger charge is -2.27. The van der Waals surface area contributed by atoms with Gasteiger partial charge in [0.05, 0.1) is 25.4 Å². The van der Waals surface area contributed by atoms with Gasteiger partial charge in [0.1, 0.15) is 17.1 Å². The Balaban J connectivity index is 1.52. The Bertz CT molecular complexity index is 1440. The molecule has 2 aliphatic heterocycles. The van der Waals surface area contributed by atoms with E-state index in [4.69, 9.17) is 4.74 Å². The molecule has 0 saturated carbocycles. The first kappa shape index (κ1) is 20.1. The molecule has 1 N–H and O–H groups in total. The van der Waals surface area contributed by atoms with Crippen LogP contribution in [0.4, 0.5) is 5.69 Å². The lowest BCUT2D eigenvalue weighted by Crippen LogP contribution is -2.29. The van der Waals surface area contributed by atoms with Crippen molar-refractivity contribution in [3.63, 3.8) is 0 Å². The molecule has 4 heterocycles. The van der Waals surface area contributed by atoms with E-state index in [0.29, 0.717) is 23.7 Å². The molecule has 0 bridgehead atoms. The van der Waals surface area contributed by atoms with E-state index in [2.05, 4.69) is 20.2 Å². The Kier molecular flexibility index (Phi) is 4.80. The summed E-state index contributed by atoms with van der Waals surface area (Å²) in [5.41, 5.74) is 6.48. The third-order valence-corrected chi connectivity index (χ3v) is 6.22. The topological polar surface area (TPSA) is 83.5 Å². The van der Waals surface area contributed by atoms with Crippen molar-refractivity contribution < 1.29 is 9.53 Å². The molecule has 7 nitrogen and oxygen atoms in total. The third-order valence-electron chi connectivity index (χ3n) is 6.22. The van der Waals surface area contributed by atoms with Crippen molar-refractivity contribution in [3.8, 4) is 17.0 Å². The summed E-state index contributed by atoms with van der Waals surface area (Å²) in [6.45, 7) is 0.705. The predicted molar refractivity (Wildman–Crippen MR) is 130 cm³/mol. The largest absolute Gasteiger partial charge is 0.496 e. The monoisotopic (exact) mass is 447 g/mol. The number of H-pyrrole nitrogens is 1. The number of pyridine rings is 1. The molecule has 0 spiro atoms. The van der Waals surface area contributed by atoms with Gasteiger partial charge in [0, 0.05) is 34.8 Å². The summed E-state index contributed by atoms with van der Waals surface area (Å²) >= 11 is 0. The van der Waals surface area contributed by atoms with Crippen LogP contribution in [-0.4, -0.2) is 40.5 Å². The van der Waals surface area contributed by atoms with Gasteiger partial charge in [0.15, 0.2) is 0 Å². The number of fused-ring (bicyclic) bond motifs is 1. The van der Waals surface area contributed by atoms with Crippen molar-refractivity contribution in [2.75, 3.05) is 18.6 Å². The van der Waals surface area contributed by atoms with Gasteiger partial charge in [-0.1, -0.05) is 36.4 Å². The maximum absolute atomic E-state index is 13.7. The smallest absolute Gasteiger partial charge is 0.277 e. The van der Waals surface area contributed by atoms with Crippen LogP contribution < -0.4 is 9.64 Å². The average Bonchev–Trinajstić information content (AvgIpc) is 3.63. The number of aromatic amines is 1. The summed E-state index contributed by atoms with van der Waals surface area (Å²) in [4.78, 5) is 24.3. The predicted octanol–water partition coefficient (Wildman–Crippen LogP) is 4.59. The highest BCUT2D eigenvalue weighted by Gasteiger charge is 2.44. The molecule has 4 aromatic rings. The van der Waals surface area contributed by atoms with Crippen LogP contribution in [0, 0.1) is 0 Å². The molecule has 34 heavy (non-hydrogen) atoms. The number of amides is 1. The lowest BCUT2D eigenvalue weighted by atomic mass is 9.95. The molecular formula is C27H21N5O2. The zero-order chi connectivity index (χ0) is 23.1.